The van der Waals surface area contributed by atoms with Crippen molar-refractivity contribution >= 4 is 12.2 Å². The Bertz CT molecular complexity index is 284. The van der Waals surface area contributed by atoms with Gasteiger partial charge in [0.2, 0.25) is 12.2 Å². The van der Waals surface area contributed by atoms with Crippen molar-refractivity contribution in [3.05, 3.63) is 12.2 Å². The van der Waals surface area contributed by atoms with E-state index in [2.05, 4.69) is 53.7 Å². The Kier molecular flexibility index (Phi) is 20.6. The van der Waals surface area contributed by atoms with E-state index in [1.165, 1.54) is 12.8 Å². The Hall–Kier alpha value is -1.50. The van der Waals surface area contributed by atoms with Gasteiger partial charge in [-0.2, -0.15) is 0 Å². The highest BCUT2D eigenvalue weighted by atomic mass is 16.1. The lowest BCUT2D eigenvalue weighted by Gasteiger charge is -2.18. The van der Waals surface area contributed by atoms with E-state index < -0.39 is 0 Å². The van der Waals surface area contributed by atoms with Gasteiger partial charge in [-0.1, -0.05) is 60.1 Å². The predicted octanol–water partition coefficient (Wildman–Crippen LogP) is 4.71. The van der Waals surface area contributed by atoms with Gasteiger partial charge in [0.25, 0.3) is 0 Å². The number of hydrogen-bond donors (Lipinski definition) is 2. The third-order valence-corrected chi connectivity index (χ3v) is 2.68. The van der Waals surface area contributed by atoms with Crippen LogP contribution < -0.4 is 0 Å². The molecule has 0 aromatic rings. The smallest absolute Gasteiger partial charge is 0.222 e. The Morgan fingerprint density at radius 3 is 1.50 bits per heavy atom. The van der Waals surface area contributed by atoms with Gasteiger partial charge < -0.3 is 0 Å². The number of carbonyl (C=O) groups excluding carboxylic acids is 2. The average molecular weight is 282 g/mol. The molecule has 0 amide bonds. The van der Waals surface area contributed by atoms with Gasteiger partial charge in [-0.3, -0.25) is 0 Å². The maximum Gasteiger partial charge on any atom is 0.231 e. The van der Waals surface area contributed by atoms with Crippen molar-refractivity contribution in [1.29, 1.82) is 10.8 Å². The van der Waals surface area contributed by atoms with E-state index in [0.717, 1.165) is 29.9 Å². The molecule has 0 bridgehead atoms. The van der Waals surface area contributed by atoms with Crippen LogP contribution in [0.15, 0.2) is 12.2 Å². The van der Waals surface area contributed by atoms with Crippen LogP contribution in [0.3, 0.4) is 0 Å². The van der Waals surface area contributed by atoms with E-state index in [1.807, 2.05) is 0 Å². The van der Waals surface area contributed by atoms with Crippen LogP contribution in [-0.4, -0.2) is 12.2 Å². The van der Waals surface area contributed by atoms with Crippen LogP contribution in [0.4, 0.5) is 0 Å². The van der Waals surface area contributed by atoms with E-state index in [-0.39, 0.29) is 0 Å². The zero-order valence-electron chi connectivity index (χ0n) is 13.7. The average Bonchev–Trinajstić information content (AvgIpc) is 2.29. The molecular formula is C16H30N2O2. The number of isocyanates is 2. The third kappa shape index (κ3) is 25.4. The minimum absolute atomic E-state index is 0.690. The lowest BCUT2D eigenvalue weighted by atomic mass is 9.88. The zero-order valence-corrected chi connectivity index (χ0v) is 13.7. The Labute approximate surface area is 123 Å². The second-order valence-corrected chi connectivity index (χ2v) is 5.71. The van der Waals surface area contributed by atoms with Gasteiger partial charge in [0.15, 0.2) is 0 Å². The molecule has 0 aromatic carbocycles. The quantitative estimate of drug-likeness (QED) is 0.420. The maximum absolute atomic E-state index is 8.35. The topological polar surface area (TPSA) is 81.8 Å². The summed E-state index contributed by atoms with van der Waals surface area (Å²) < 4.78 is 0. The van der Waals surface area contributed by atoms with Crippen LogP contribution in [-0.2, 0) is 9.59 Å². The first-order chi connectivity index (χ1) is 9.26. The highest BCUT2D eigenvalue weighted by molar-refractivity contribution is 5.26. The van der Waals surface area contributed by atoms with E-state index in [9.17, 15) is 0 Å². The molecular weight excluding hydrogens is 252 g/mol. The molecule has 4 heteroatoms. The Morgan fingerprint density at radius 1 is 0.850 bits per heavy atom. The first-order valence-corrected chi connectivity index (χ1v) is 7.02. The zero-order chi connectivity index (χ0) is 16.6. The molecule has 0 aliphatic heterocycles. The molecule has 0 fully saturated rings. The summed E-state index contributed by atoms with van der Waals surface area (Å²) in [4.78, 5) is 16.7. The van der Waals surface area contributed by atoms with E-state index in [4.69, 9.17) is 20.4 Å². The minimum atomic E-state index is 0.690. The lowest BCUT2D eigenvalue weighted by molar-refractivity contribution is 0.392. The molecule has 1 unspecified atom stereocenters. The summed E-state index contributed by atoms with van der Waals surface area (Å²) in [5, 5.41) is 10.8. The molecule has 0 aromatic heterocycles. The monoisotopic (exact) mass is 282 g/mol. The minimum Gasteiger partial charge on any atom is -0.222 e. The predicted molar refractivity (Wildman–Crippen MR) is 83.2 cm³/mol. The van der Waals surface area contributed by atoms with Crippen molar-refractivity contribution in [1.82, 2.24) is 0 Å². The number of allylic oxidation sites excluding steroid dienone is 2. The highest BCUT2D eigenvalue weighted by Gasteiger charge is 2.10. The molecule has 20 heavy (non-hydrogen) atoms. The third-order valence-electron chi connectivity index (χ3n) is 2.68. The van der Waals surface area contributed by atoms with Gasteiger partial charge in [-0.05, 0) is 30.1 Å². The van der Waals surface area contributed by atoms with Crippen LogP contribution in [0.25, 0.3) is 0 Å². The second kappa shape index (κ2) is 17.5. The Morgan fingerprint density at radius 2 is 1.25 bits per heavy atom. The van der Waals surface area contributed by atoms with Crippen LogP contribution in [0.2, 0.25) is 0 Å². The molecule has 4 nitrogen and oxygen atoms in total. The summed E-state index contributed by atoms with van der Waals surface area (Å²) in [6.07, 6.45) is 8.98. The summed E-state index contributed by atoms with van der Waals surface area (Å²) >= 11 is 0. The molecule has 0 radical (unpaired) electrons. The molecule has 0 saturated carbocycles. The molecule has 116 valence electrons. The standard InChI is InChI=1S/C14H28.2CHNO/c1-11(2)7-9-14(13(5)6)10-8-12(3)4;2*2-1-3/h7,9,11-14H,8,10H2,1-6H3;2*2H. The lowest BCUT2D eigenvalue weighted by Crippen LogP contribution is -2.07. The summed E-state index contributed by atoms with van der Waals surface area (Å²) in [7, 11) is 0. The highest BCUT2D eigenvalue weighted by Crippen LogP contribution is 2.21. The second-order valence-electron chi connectivity index (χ2n) is 5.71. The molecule has 0 aliphatic rings. The van der Waals surface area contributed by atoms with E-state index in [1.54, 1.807) is 0 Å². The van der Waals surface area contributed by atoms with Gasteiger partial charge in [-0.15, -0.1) is 0 Å². The van der Waals surface area contributed by atoms with E-state index in [0.29, 0.717) is 5.92 Å². The van der Waals surface area contributed by atoms with Crippen LogP contribution in [0.5, 0.6) is 0 Å². The summed E-state index contributed by atoms with van der Waals surface area (Å²) in [6.45, 7) is 13.8. The van der Waals surface area contributed by atoms with Crippen molar-refractivity contribution in [3.8, 4) is 0 Å². The summed E-state index contributed by atoms with van der Waals surface area (Å²) in [5.41, 5.74) is 0. The fourth-order valence-corrected chi connectivity index (χ4v) is 1.54. The molecule has 0 spiro atoms. The first-order valence-electron chi connectivity index (χ1n) is 7.02. The molecule has 2 N–H and O–H groups in total. The van der Waals surface area contributed by atoms with Gasteiger partial charge in [0, 0.05) is 0 Å². The van der Waals surface area contributed by atoms with Crippen molar-refractivity contribution in [2.45, 2.75) is 54.4 Å². The normalized spacial score (nSPS) is 11.2. The maximum atomic E-state index is 8.35. The number of nitrogens with one attached hydrogen (secondary N) is 2. The van der Waals surface area contributed by atoms with Crippen molar-refractivity contribution in [2.24, 2.45) is 23.7 Å². The van der Waals surface area contributed by atoms with Crippen molar-refractivity contribution in [2.75, 3.05) is 0 Å². The van der Waals surface area contributed by atoms with Crippen molar-refractivity contribution in [3.63, 3.8) is 0 Å². The fraction of sp³-hybridized carbons (Fsp3) is 0.750. The molecule has 0 saturated heterocycles. The molecule has 0 heterocycles. The number of hydrogen-bond acceptors (Lipinski definition) is 4. The Balaban J connectivity index is -0.000000408. The van der Waals surface area contributed by atoms with Crippen LogP contribution >= 0.6 is 0 Å². The molecule has 0 aliphatic carbocycles. The number of rotatable bonds is 6. The van der Waals surface area contributed by atoms with Crippen molar-refractivity contribution < 1.29 is 9.59 Å². The first kappa shape index (κ1) is 23.6. The molecule has 1 atom stereocenters. The largest absolute Gasteiger partial charge is 0.231 e. The van der Waals surface area contributed by atoms with Gasteiger partial charge in [0.05, 0.1) is 0 Å². The van der Waals surface area contributed by atoms with Crippen LogP contribution in [0, 0.1) is 34.5 Å². The SMILES string of the molecule is CC(C)C=CC(CCC(C)C)C(C)C.N=C=O.N=C=O. The summed E-state index contributed by atoms with van der Waals surface area (Å²) in [5.74, 6) is 3.09. The fourth-order valence-electron chi connectivity index (χ4n) is 1.54. The van der Waals surface area contributed by atoms with Gasteiger partial charge in [0.1, 0.15) is 0 Å². The van der Waals surface area contributed by atoms with Gasteiger partial charge >= 0.3 is 0 Å². The summed E-state index contributed by atoms with van der Waals surface area (Å²) in [6, 6.07) is 0. The van der Waals surface area contributed by atoms with Crippen LogP contribution in [0.1, 0.15) is 54.4 Å². The van der Waals surface area contributed by atoms with E-state index >= 15 is 0 Å². The molecule has 0 rings (SSSR count). The van der Waals surface area contributed by atoms with Gasteiger partial charge in [-0.25, -0.2) is 20.4 Å².